The minimum Gasteiger partial charge on any atom is -0.319 e. The Labute approximate surface area is 151 Å². The fourth-order valence-corrected chi connectivity index (χ4v) is 3.27. The predicted octanol–water partition coefficient (Wildman–Crippen LogP) is 3.41. The van der Waals surface area contributed by atoms with Gasteiger partial charge in [0.1, 0.15) is 11.6 Å². The Kier molecular flexibility index (Phi) is 5.03. The second kappa shape index (κ2) is 7.09. The van der Waals surface area contributed by atoms with Gasteiger partial charge in [0.25, 0.3) is 0 Å². The number of Topliss-reactive ketones (excluding diaryl/α,β-unsaturated/α-hetero) is 1. The largest absolute Gasteiger partial charge is 0.319 e. The molecule has 3 rings (SSSR count). The average molecular weight is 356 g/mol. The Morgan fingerprint density at radius 1 is 1.15 bits per heavy atom. The number of ketones is 1. The summed E-state index contributed by atoms with van der Waals surface area (Å²) in [6.07, 6.45) is 1.85. The van der Waals surface area contributed by atoms with Crippen molar-refractivity contribution in [1.29, 1.82) is 0 Å². The number of carbonyl (C=O) groups is 1. The zero-order valence-electron chi connectivity index (χ0n) is 14.8. The molecule has 136 valence electrons. The van der Waals surface area contributed by atoms with E-state index in [2.05, 4.69) is 5.32 Å². The number of nitrogens with one attached hydrogen (secondary N) is 1. The van der Waals surface area contributed by atoms with Crippen molar-refractivity contribution >= 4 is 11.4 Å². The molecule has 0 aliphatic carbocycles. The number of nitrogens with two attached hydrogens (primary N) is 1. The van der Waals surface area contributed by atoms with E-state index >= 15 is 0 Å². The Morgan fingerprint density at radius 2 is 1.85 bits per heavy atom. The zero-order valence-corrected chi connectivity index (χ0v) is 14.8. The highest BCUT2D eigenvalue weighted by Gasteiger charge is 2.37. The van der Waals surface area contributed by atoms with Crippen LogP contribution in [0.2, 0.25) is 0 Å². The lowest BCUT2D eigenvalue weighted by Gasteiger charge is -2.34. The molecule has 2 unspecified atom stereocenters. The molecule has 0 saturated heterocycles. The summed E-state index contributed by atoms with van der Waals surface area (Å²) < 4.78 is 27.8. The first-order chi connectivity index (χ1) is 12.3. The van der Waals surface area contributed by atoms with E-state index < -0.39 is 23.2 Å². The molecule has 0 radical (unpaired) electrons. The molecule has 0 aromatic heterocycles. The first-order valence-electron chi connectivity index (χ1n) is 8.55. The van der Waals surface area contributed by atoms with Gasteiger partial charge >= 0.3 is 0 Å². The summed E-state index contributed by atoms with van der Waals surface area (Å²) >= 11 is 0. The van der Waals surface area contributed by atoms with Crippen molar-refractivity contribution in [3.63, 3.8) is 0 Å². The molecule has 0 fully saturated rings. The highest BCUT2D eigenvalue weighted by Crippen LogP contribution is 2.32. The number of carbonyl (C=O) groups excluding carboxylic acids is 1. The minimum atomic E-state index is -1.000. The molecule has 1 heterocycles. The first-order valence-corrected chi connectivity index (χ1v) is 8.55. The summed E-state index contributed by atoms with van der Waals surface area (Å²) in [5.74, 6) is -1.44. The van der Waals surface area contributed by atoms with Gasteiger partial charge in [0.2, 0.25) is 0 Å². The van der Waals surface area contributed by atoms with Crippen LogP contribution in [0.4, 0.5) is 8.78 Å². The lowest BCUT2D eigenvalue weighted by atomic mass is 9.79. The van der Waals surface area contributed by atoms with E-state index in [1.807, 2.05) is 36.4 Å². The maximum atomic E-state index is 14.2. The van der Waals surface area contributed by atoms with E-state index in [-0.39, 0.29) is 23.8 Å². The predicted molar refractivity (Wildman–Crippen MR) is 98.6 cm³/mol. The van der Waals surface area contributed by atoms with Gasteiger partial charge in [0.05, 0.1) is 11.6 Å². The summed E-state index contributed by atoms with van der Waals surface area (Å²) in [6, 6.07) is 12.3. The van der Waals surface area contributed by atoms with Crippen molar-refractivity contribution in [2.75, 3.05) is 6.54 Å². The molecular formula is C21H22F2N2O. The van der Waals surface area contributed by atoms with Gasteiger partial charge in [-0.1, -0.05) is 36.4 Å². The van der Waals surface area contributed by atoms with Crippen molar-refractivity contribution < 1.29 is 13.6 Å². The van der Waals surface area contributed by atoms with Crippen LogP contribution in [0.1, 0.15) is 30.9 Å². The lowest BCUT2D eigenvalue weighted by molar-refractivity contribution is -0.125. The van der Waals surface area contributed by atoms with Crippen LogP contribution in [0.5, 0.6) is 0 Å². The van der Waals surface area contributed by atoms with E-state index in [1.54, 1.807) is 13.8 Å². The first kappa shape index (κ1) is 18.4. The van der Waals surface area contributed by atoms with Gasteiger partial charge in [-0.15, -0.1) is 0 Å². The van der Waals surface area contributed by atoms with Crippen LogP contribution in [-0.4, -0.2) is 23.9 Å². The van der Waals surface area contributed by atoms with E-state index in [4.69, 9.17) is 5.73 Å². The van der Waals surface area contributed by atoms with Crippen LogP contribution in [0.25, 0.3) is 5.57 Å². The van der Waals surface area contributed by atoms with Gasteiger partial charge in [-0.2, -0.15) is 0 Å². The SMILES string of the molecule is CC(C)(N)C(=O)C1NCC(c2cc(F)ccc2F)=CC1c1ccccc1. The molecule has 1 aliphatic rings. The smallest absolute Gasteiger partial charge is 0.169 e. The molecule has 26 heavy (non-hydrogen) atoms. The summed E-state index contributed by atoms with van der Waals surface area (Å²) in [5.41, 5.74) is 6.76. The second-order valence-electron chi connectivity index (χ2n) is 7.20. The van der Waals surface area contributed by atoms with E-state index in [9.17, 15) is 13.6 Å². The third-order valence-electron chi connectivity index (χ3n) is 4.63. The van der Waals surface area contributed by atoms with Crippen LogP contribution in [-0.2, 0) is 4.79 Å². The molecule has 0 spiro atoms. The highest BCUT2D eigenvalue weighted by molar-refractivity contribution is 5.94. The van der Waals surface area contributed by atoms with Crippen LogP contribution in [0.15, 0.2) is 54.6 Å². The molecule has 3 nitrogen and oxygen atoms in total. The maximum absolute atomic E-state index is 14.2. The summed E-state index contributed by atoms with van der Waals surface area (Å²) in [6.45, 7) is 3.60. The lowest BCUT2D eigenvalue weighted by Crippen LogP contribution is -2.55. The molecule has 0 saturated carbocycles. The van der Waals surface area contributed by atoms with Gasteiger partial charge in [-0.3, -0.25) is 4.79 Å². The maximum Gasteiger partial charge on any atom is 0.169 e. The van der Waals surface area contributed by atoms with E-state index in [1.165, 1.54) is 6.07 Å². The number of rotatable bonds is 4. The van der Waals surface area contributed by atoms with E-state index in [0.717, 1.165) is 17.7 Å². The Hall–Kier alpha value is -2.37. The average Bonchev–Trinajstić information content (AvgIpc) is 2.62. The van der Waals surface area contributed by atoms with Gasteiger partial charge in [0.15, 0.2) is 5.78 Å². The molecule has 2 aromatic rings. The topological polar surface area (TPSA) is 55.1 Å². The van der Waals surface area contributed by atoms with Crippen LogP contribution in [0, 0.1) is 11.6 Å². The molecular weight excluding hydrogens is 334 g/mol. The fourth-order valence-electron chi connectivity index (χ4n) is 3.27. The third kappa shape index (κ3) is 3.74. The Bertz CT molecular complexity index is 841. The number of hydrogen-bond donors (Lipinski definition) is 2. The van der Waals surface area contributed by atoms with Crippen LogP contribution < -0.4 is 11.1 Å². The Balaban J connectivity index is 2.06. The zero-order chi connectivity index (χ0) is 18.9. The van der Waals surface area contributed by atoms with Gasteiger partial charge < -0.3 is 11.1 Å². The summed E-state index contributed by atoms with van der Waals surface area (Å²) in [7, 11) is 0. The fraction of sp³-hybridized carbons (Fsp3) is 0.286. The molecule has 5 heteroatoms. The molecule has 1 aliphatic heterocycles. The van der Waals surface area contributed by atoms with Gasteiger partial charge in [-0.25, -0.2) is 8.78 Å². The minimum absolute atomic E-state index is 0.124. The van der Waals surface area contributed by atoms with Crippen molar-refractivity contribution in [3.05, 3.63) is 77.4 Å². The number of halogens is 2. The second-order valence-corrected chi connectivity index (χ2v) is 7.20. The molecule has 0 bridgehead atoms. The number of benzene rings is 2. The normalized spacial score (nSPS) is 20.6. The highest BCUT2D eigenvalue weighted by atomic mass is 19.1. The molecule has 3 N–H and O–H groups in total. The van der Waals surface area contributed by atoms with Crippen molar-refractivity contribution in [2.24, 2.45) is 5.73 Å². The standard InChI is InChI=1S/C21H22F2N2O/c1-21(2,24)20(26)19-17(13-6-4-3-5-7-13)10-14(12-25-19)16-11-15(22)8-9-18(16)23/h3-11,17,19,25H,12,24H2,1-2H3. The monoisotopic (exact) mass is 356 g/mol. The number of hydrogen-bond acceptors (Lipinski definition) is 3. The van der Waals surface area contributed by atoms with E-state index in [0.29, 0.717) is 5.57 Å². The summed E-state index contributed by atoms with van der Waals surface area (Å²) in [5, 5.41) is 3.18. The van der Waals surface area contributed by atoms with Crippen molar-refractivity contribution in [2.45, 2.75) is 31.3 Å². The Morgan fingerprint density at radius 3 is 2.50 bits per heavy atom. The molecule has 0 amide bonds. The van der Waals surface area contributed by atoms with Gasteiger partial charge in [0, 0.05) is 18.0 Å². The molecule has 2 aromatic carbocycles. The molecule has 2 atom stereocenters. The van der Waals surface area contributed by atoms with Crippen LogP contribution >= 0.6 is 0 Å². The van der Waals surface area contributed by atoms with Crippen LogP contribution in [0.3, 0.4) is 0 Å². The quantitative estimate of drug-likeness (QED) is 0.883. The summed E-state index contributed by atoms with van der Waals surface area (Å²) in [4.78, 5) is 12.8. The van der Waals surface area contributed by atoms with Crippen molar-refractivity contribution in [1.82, 2.24) is 5.32 Å². The van der Waals surface area contributed by atoms with Crippen molar-refractivity contribution in [3.8, 4) is 0 Å². The third-order valence-corrected chi connectivity index (χ3v) is 4.63. The van der Waals surface area contributed by atoms with Gasteiger partial charge in [-0.05, 0) is 43.2 Å².